The average molecular weight is 185 g/mol. The van der Waals surface area contributed by atoms with Crippen molar-refractivity contribution in [1.29, 1.82) is 0 Å². The van der Waals surface area contributed by atoms with Crippen LogP contribution in [0.4, 0.5) is 5.82 Å². The third kappa shape index (κ3) is 2.35. The molecule has 1 aromatic heterocycles. The Balaban J connectivity index is 2.90. The van der Waals surface area contributed by atoms with Gasteiger partial charge in [-0.25, -0.2) is 9.97 Å². The molecule has 2 N–H and O–H groups in total. The summed E-state index contributed by atoms with van der Waals surface area (Å²) in [5.74, 6) is 0.487. The van der Waals surface area contributed by atoms with Crippen LogP contribution in [0.1, 0.15) is 5.69 Å². The molecule has 0 amide bonds. The van der Waals surface area contributed by atoms with Gasteiger partial charge in [0.25, 0.3) is 0 Å². The molecule has 0 aliphatic rings. The number of methoxy groups -OCH3 is 1. The van der Waals surface area contributed by atoms with Gasteiger partial charge < -0.3 is 10.5 Å². The summed E-state index contributed by atoms with van der Waals surface area (Å²) < 4.78 is 4.93. The van der Waals surface area contributed by atoms with E-state index in [4.69, 9.17) is 10.5 Å². The predicted octanol–water partition coefficient (Wildman–Crippen LogP) is 0.927. The van der Waals surface area contributed by atoms with Crippen LogP contribution in [-0.2, 0) is 11.3 Å². The highest BCUT2D eigenvalue weighted by atomic mass is 32.2. The number of rotatable bonds is 3. The number of hydrogen-bond acceptors (Lipinski definition) is 5. The van der Waals surface area contributed by atoms with E-state index in [1.54, 1.807) is 13.2 Å². The van der Waals surface area contributed by atoms with Crippen LogP contribution >= 0.6 is 11.8 Å². The van der Waals surface area contributed by atoms with Gasteiger partial charge in [0.15, 0.2) is 5.16 Å². The van der Waals surface area contributed by atoms with Crippen LogP contribution in [0.25, 0.3) is 0 Å². The summed E-state index contributed by atoms with van der Waals surface area (Å²) in [4.78, 5) is 8.20. The standard InChI is InChI=1S/C7H11N3OS/c1-11-4-5-3-6(8)10-7(9-5)12-2/h3H,4H2,1-2H3,(H2,8,9,10). The summed E-state index contributed by atoms with van der Waals surface area (Å²) in [6.07, 6.45) is 1.91. The van der Waals surface area contributed by atoms with Gasteiger partial charge in [0.05, 0.1) is 12.3 Å². The van der Waals surface area contributed by atoms with E-state index in [1.807, 2.05) is 6.26 Å². The molecule has 4 nitrogen and oxygen atoms in total. The molecule has 0 saturated carbocycles. The van der Waals surface area contributed by atoms with Crippen molar-refractivity contribution in [3.05, 3.63) is 11.8 Å². The monoisotopic (exact) mass is 185 g/mol. The molecule has 0 aliphatic heterocycles. The summed E-state index contributed by atoms with van der Waals surface area (Å²) in [5, 5.41) is 0.682. The maximum atomic E-state index is 5.55. The molecule has 0 unspecified atom stereocenters. The number of thioether (sulfide) groups is 1. The molecule has 0 fully saturated rings. The topological polar surface area (TPSA) is 61.0 Å². The van der Waals surface area contributed by atoms with Gasteiger partial charge in [-0.3, -0.25) is 0 Å². The van der Waals surface area contributed by atoms with Crippen LogP contribution in [0.3, 0.4) is 0 Å². The number of aromatic nitrogens is 2. The van der Waals surface area contributed by atoms with Crippen LogP contribution in [-0.4, -0.2) is 23.3 Å². The van der Waals surface area contributed by atoms with E-state index < -0.39 is 0 Å². The van der Waals surface area contributed by atoms with Crippen LogP contribution in [0.2, 0.25) is 0 Å². The largest absolute Gasteiger partial charge is 0.384 e. The third-order valence-electron chi connectivity index (χ3n) is 1.25. The van der Waals surface area contributed by atoms with E-state index in [0.29, 0.717) is 17.6 Å². The molecule has 0 aromatic carbocycles. The average Bonchev–Trinajstić information content (AvgIpc) is 2.04. The van der Waals surface area contributed by atoms with Gasteiger partial charge in [0, 0.05) is 13.2 Å². The molecular formula is C7H11N3OS. The van der Waals surface area contributed by atoms with Gasteiger partial charge >= 0.3 is 0 Å². The van der Waals surface area contributed by atoms with Gasteiger partial charge in [-0.1, -0.05) is 11.8 Å². The molecule has 5 heteroatoms. The minimum absolute atomic E-state index is 0.472. The maximum Gasteiger partial charge on any atom is 0.189 e. The Labute approximate surface area is 75.5 Å². The zero-order valence-corrected chi connectivity index (χ0v) is 7.89. The molecule has 1 rings (SSSR count). The van der Waals surface area contributed by atoms with Crippen LogP contribution in [0, 0.1) is 0 Å². The molecule has 1 aromatic rings. The van der Waals surface area contributed by atoms with E-state index in [1.165, 1.54) is 11.8 Å². The Morgan fingerprint density at radius 3 is 2.92 bits per heavy atom. The van der Waals surface area contributed by atoms with Crippen LogP contribution in [0.15, 0.2) is 11.2 Å². The van der Waals surface area contributed by atoms with Gasteiger partial charge in [-0.05, 0) is 6.26 Å². The Kier molecular flexibility index (Phi) is 3.31. The first-order valence-corrected chi connectivity index (χ1v) is 4.65. The zero-order chi connectivity index (χ0) is 8.97. The summed E-state index contributed by atoms with van der Waals surface area (Å²) in [7, 11) is 1.62. The predicted molar refractivity (Wildman–Crippen MR) is 48.9 cm³/mol. The first-order chi connectivity index (χ1) is 5.76. The highest BCUT2D eigenvalue weighted by Gasteiger charge is 2.00. The van der Waals surface area contributed by atoms with Crippen molar-refractivity contribution in [1.82, 2.24) is 9.97 Å². The fourth-order valence-corrected chi connectivity index (χ4v) is 1.21. The molecule has 0 bridgehead atoms. The Morgan fingerprint density at radius 1 is 1.58 bits per heavy atom. The van der Waals surface area contributed by atoms with E-state index in [9.17, 15) is 0 Å². The van der Waals surface area contributed by atoms with E-state index in [2.05, 4.69) is 9.97 Å². The number of nitrogen functional groups attached to an aromatic ring is 1. The molecule has 0 spiro atoms. The molecule has 0 aliphatic carbocycles. The molecule has 66 valence electrons. The second-order valence-electron chi connectivity index (χ2n) is 2.20. The lowest BCUT2D eigenvalue weighted by Gasteiger charge is -2.01. The highest BCUT2D eigenvalue weighted by molar-refractivity contribution is 7.98. The second-order valence-corrected chi connectivity index (χ2v) is 2.98. The van der Waals surface area contributed by atoms with E-state index in [-0.39, 0.29) is 0 Å². The minimum Gasteiger partial charge on any atom is -0.384 e. The first-order valence-electron chi connectivity index (χ1n) is 3.42. The van der Waals surface area contributed by atoms with Crippen LogP contribution in [0.5, 0.6) is 0 Å². The number of hydrogen-bond donors (Lipinski definition) is 1. The van der Waals surface area contributed by atoms with Crippen molar-refractivity contribution < 1.29 is 4.74 Å². The van der Waals surface area contributed by atoms with E-state index >= 15 is 0 Å². The number of anilines is 1. The molecule has 1 heterocycles. The maximum absolute atomic E-state index is 5.55. The summed E-state index contributed by atoms with van der Waals surface area (Å²) in [6.45, 7) is 0.472. The fraction of sp³-hybridized carbons (Fsp3) is 0.429. The lowest BCUT2D eigenvalue weighted by atomic mass is 10.4. The summed E-state index contributed by atoms with van der Waals surface area (Å²) in [5.41, 5.74) is 6.36. The minimum atomic E-state index is 0.472. The molecule has 0 atom stereocenters. The van der Waals surface area contributed by atoms with E-state index in [0.717, 1.165) is 5.69 Å². The molecule has 0 saturated heterocycles. The fourth-order valence-electron chi connectivity index (χ4n) is 0.807. The first kappa shape index (κ1) is 9.28. The third-order valence-corrected chi connectivity index (χ3v) is 1.80. The zero-order valence-electron chi connectivity index (χ0n) is 7.07. The summed E-state index contributed by atoms with van der Waals surface area (Å²) in [6, 6.07) is 1.71. The number of nitrogens with zero attached hydrogens (tertiary/aromatic N) is 2. The summed E-state index contributed by atoms with van der Waals surface area (Å²) >= 11 is 1.47. The van der Waals surface area contributed by atoms with Gasteiger partial charge in [0.2, 0.25) is 0 Å². The van der Waals surface area contributed by atoms with Gasteiger partial charge in [-0.2, -0.15) is 0 Å². The Morgan fingerprint density at radius 2 is 2.33 bits per heavy atom. The Bertz CT molecular complexity index is 267. The van der Waals surface area contributed by atoms with Crippen molar-refractivity contribution in [3.63, 3.8) is 0 Å². The molecular weight excluding hydrogens is 174 g/mol. The lowest BCUT2D eigenvalue weighted by Crippen LogP contribution is -2.00. The lowest BCUT2D eigenvalue weighted by molar-refractivity contribution is 0.181. The molecule has 0 radical (unpaired) electrons. The number of nitrogens with two attached hydrogens (primary N) is 1. The van der Waals surface area contributed by atoms with Crippen molar-refractivity contribution in [2.45, 2.75) is 11.8 Å². The SMILES string of the molecule is COCc1cc(N)nc(SC)n1. The van der Waals surface area contributed by atoms with Gasteiger partial charge in [-0.15, -0.1) is 0 Å². The quantitative estimate of drug-likeness (QED) is 0.560. The van der Waals surface area contributed by atoms with Crippen LogP contribution < -0.4 is 5.73 Å². The van der Waals surface area contributed by atoms with Crippen molar-refractivity contribution in [2.75, 3.05) is 19.1 Å². The second kappa shape index (κ2) is 4.27. The smallest absolute Gasteiger partial charge is 0.189 e. The normalized spacial score (nSPS) is 10.2. The molecule has 12 heavy (non-hydrogen) atoms. The van der Waals surface area contributed by atoms with Gasteiger partial charge in [0.1, 0.15) is 5.82 Å². The Hall–Kier alpha value is -0.810. The van der Waals surface area contributed by atoms with Crippen molar-refractivity contribution >= 4 is 17.6 Å². The van der Waals surface area contributed by atoms with Crippen molar-refractivity contribution in [2.24, 2.45) is 0 Å². The highest BCUT2D eigenvalue weighted by Crippen LogP contribution is 2.12. The van der Waals surface area contributed by atoms with Crippen molar-refractivity contribution in [3.8, 4) is 0 Å². The number of ether oxygens (including phenoxy) is 1.